The Morgan fingerprint density at radius 2 is 1.95 bits per heavy atom. The van der Waals surface area contributed by atoms with Crippen molar-refractivity contribution in [3.63, 3.8) is 0 Å². The molecule has 0 aliphatic carbocycles. The lowest BCUT2D eigenvalue weighted by molar-refractivity contribution is -0.139. The van der Waals surface area contributed by atoms with Gasteiger partial charge in [0.25, 0.3) is 0 Å². The summed E-state index contributed by atoms with van der Waals surface area (Å²) < 4.78 is 50.6. The van der Waals surface area contributed by atoms with Crippen LogP contribution in [0.4, 0.5) is 23.7 Å². The summed E-state index contributed by atoms with van der Waals surface area (Å²) in [6, 6.07) is 10.7. The number of hydrogen-bond donors (Lipinski definition) is 2. The van der Waals surface area contributed by atoms with Crippen molar-refractivity contribution in [3.8, 4) is 0 Å². The Labute approximate surface area is 230 Å². The average Bonchev–Trinajstić information content (AvgIpc) is 3.49. The van der Waals surface area contributed by atoms with Gasteiger partial charge in [-0.05, 0) is 41.7 Å². The van der Waals surface area contributed by atoms with Crippen LogP contribution in [0.5, 0.6) is 0 Å². The number of halogens is 3. The van der Waals surface area contributed by atoms with Gasteiger partial charge in [0.1, 0.15) is 0 Å². The zero-order valence-electron chi connectivity index (χ0n) is 22.3. The van der Waals surface area contributed by atoms with Gasteiger partial charge >= 0.3 is 12.3 Å². The average molecular weight is 563 g/mol. The zero-order chi connectivity index (χ0) is 28.7. The number of methoxy groups -OCH3 is 1. The maximum atomic E-state index is 13.6. The summed E-state index contributed by atoms with van der Waals surface area (Å²) >= 11 is 0. The van der Waals surface area contributed by atoms with Crippen LogP contribution >= 0.6 is 0 Å². The van der Waals surface area contributed by atoms with Gasteiger partial charge in [-0.1, -0.05) is 30.3 Å². The molecule has 1 saturated heterocycles. The molecular weight excluding hydrogens is 529 g/mol. The summed E-state index contributed by atoms with van der Waals surface area (Å²) in [5.74, 6) is -0.454. The molecule has 2 aromatic rings. The number of amides is 3. The van der Waals surface area contributed by atoms with Crippen molar-refractivity contribution in [2.45, 2.75) is 32.1 Å². The van der Waals surface area contributed by atoms with E-state index in [2.05, 4.69) is 15.4 Å². The lowest BCUT2D eigenvalue weighted by Crippen LogP contribution is -2.41. The number of rotatable bonds is 9. The third-order valence-electron chi connectivity index (χ3n) is 7.16. The van der Waals surface area contributed by atoms with Crippen LogP contribution in [-0.2, 0) is 44.7 Å². The molecule has 1 fully saturated rings. The number of alkyl halides is 3. The molecule has 0 saturated carbocycles. The summed E-state index contributed by atoms with van der Waals surface area (Å²) in [5.41, 5.74) is 1.86. The third-order valence-corrected chi connectivity index (χ3v) is 7.16. The molecule has 0 unspecified atom stereocenters. The Hall–Kier alpha value is -3.80. The maximum Gasteiger partial charge on any atom is 0.416 e. The minimum absolute atomic E-state index is 0.00320. The van der Waals surface area contributed by atoms with Gasteiger partial charge in [-0.2, -0.15) is 13.2 Å². The second-order valence-electron chi connectivity index (χ2n) is 9.76. The number of hydrogen-bond acceptors (Lipinski definition) is 6. The predicted molar refractivity (Wildman–Crippen MR) is 140 cm³/mol. The molecule has 2 aliphatic rings. The van der Waals surface area contributed by atoms with E-state index in [1.165, 1.54) is 30.2 Å². The first kappa shape index (κ1) is 29.2. The highest BCUT2D eigenvalue weighted by atomic mass is 19.4. The van der Waals surface area contributed by atoms with E-state index in [4.69, 9.17) is 4.74 Å². The first-order chi connectivity index (χ1) is 19.2. The highest BCUT2D eigenvalue weighted by Gasteiger charge is 2.34. The van der Waals surface area contributed by atoms with Gasteiger partial charge < -0.3 is 29.9 Å². The molecule has 3 amide bonds. The van der Waals surface area contributed by atoms with Crippen molar-refractivity contribution < 1.29 is 37.0 Å². The van der Waals surface area contributed by atoms with Crippen LogP contribution in [0.2, 0.25) is 0 Å². The molecule has 0 radical (unpaired) electrons. The predicted octanol–water partition coefficient (Wildman–Crippen LogP) is 3.42. The highest BCUT2D eigenvalue weighted by Crippen LogP contribution is 2.32. The van der Waals surface area contributed by atoms with Gasteiger partial charge in [0.15, 0.2) is 0 Å². The number of nitrogens with zero attached hydrogens (tertiary/aromatic N) is 2. The number of anilines is 1. The van der Waals surface area contributed by atoms with E-state index < -0.39 is 23.7 Å². The maximum absolute atomic E-state index is 13.6. The van der Waals surface area contributed by atoms with Crippen molar-refractivity contribution in [1.29, 1.82) is 0 Å². The quantitative estimate of drug-likeness (QED) is 0.486. The molecule has 0 spiro atoms. The van der Waals surface area contributed by atoms with E-state index in [9.17, 15) is 27.6 Å². The molecule has 2 heterocycles. The second-order valence-corrected chi connectivity index (χ2v) is 9.76. The number of nitrogens with one attached hydrogen (secondary N) is 2. The van der Waals surface area contributed by atoms with Crippen LogP contribution < -0.4 is 10.6 Å². The monoisotopic (exact) mass is 562 g/mol. The molecule has 1 atom stereocenters. The highest BCUT2D eigenvalue weighted by molar-refractivity contribution is 5.82. The number of ether oxygens (including phenoxy) is 2. The van der Waals surface area contributed by atoms with Crippen molar-refractivity contribution in [3.05, 3.63) is 64.7 Å². The standard InChI is InChI=1S/C28H33F3N4O5/c1-39-27(38)32-11-13-34(17-20-5-2-3-7-23(20)28(29,30)31)25(36)15-33-24-8-4-6-19-16-35(12-9-22(19)24)26(37)21-10-14-40-18-21/h2-8,21,33H,9-18H2,1H3,(H,32,38)/t21-/m0/s1. The summed E-state index contributed by atoms with van der Waals surface area (Å²) in [7, 11) is 1.20. The van der Waals surface area contributed by atoms with Gasteiger partial charge in [0, 0.05) is 45.0 Å². The van der Waals surface area contributed by atoms with E-state index in [0.29, 0.717) is 32.7 Å². The normalized spacial score (nSPS) is 16.7. The third kappa shape index (κ3) is 7.23. The van der Waals surface area contributed by atoms with E-state index in [-0.39, 0.29) is 43.6 Å². The Morgan fingerprint density at radius 1 is 1.15 bits per heavy atom. The SMILES string of the molecule is COC(=O)NCCN(Cc1ccccc1C(F)(F)F)C(=O)CNc1cccc2c1CCN(C(=O)[C@H]1CCOC1)C2. The van der Waals surface area contributed by atoms with Crippen molar-refractivity contribution in [2.75, 3.05) is 51.8 Å². The topological polar surface area (TPSA) is 100 Å². The van der Waals surface area contributed by atoms with Crippen LogP contribution in [0.25, 0.3) is 0 Å². The first-order valence-electron chi connectivity index (χ1n) is 13.1. The molecule has 2 aliphatic heterocycles. The Balaban J connectivity index is 1.44. The Bertz CT molecular complexity index is 1220. The fourth-order valence-corrected chi connectivity index (χ4v) is 5.03. The number of fused-ring (bicyclic) bond motifs is 1. The Kier molecular flexibility index (Phi) is 9.51. The summed E-state index contributed by atoms with van der Waals surface area (Å²) in [6.45, 7) is 1.60. The molecule has 40 heavy (non-hydrogen) atoms. The number of carbonyl (C=O) groups is 3. The molecule has 0 aromatic heterocycles. The molecule has 216 valence electrons. The van der Waals surface area contributed by atoms with Crippen molar-refractivity contribution in [2.24, 2.45) is 5.92 Å². The summed E-state index contributed by atoms with van der Waals surface area (Å²) in [6.07, 6.45) is -3.94. The van der Waals surface area contributed by atoms with Crippen LogP contribution in [0.1, 0.15) is 28.7 Å². The van der Waals surface area contributed by atoms with Crippen LogP contribution in [0.3, 0.4) is 0 Å². The van der Waals surface area contributed by atoms with Crippen LogP contribution in [-0.4, -0.2) is 74.2 Å². The molecule has 2 N–H and O–H groups in total. The van der Waals surface area contributed by atoms with Gasteiger partial charge in [0.2, 0.25) is 11.8 Å². The van der Waals surface area contributed by atoms with Gasteiger partial charge in [-0.15, -0.1) is 0 Å². The van der Waals surface area contributed by atoms with Crippen molar-refractivity contribution >= 4 is 23.6 Å². The van der Waals surface area contributed by atoms with Crippen LogP contribution in [0, 0.1) is 5.92 Å². The van der Waals surface area contributed by atoms with Gasteiger partial charge in [-0.3, -0.25) is 9.59 Å². The second kappa shape index (κ2) is 13.0. The number of alkyl carbamates (subject to hydrolysis) is 1. The number of carbonyl (C=O) groups excluding carboxylic acids is 3. The van der Waals surface area contributed by atoms with E-state index in [1.54, 1.807) is 0 Å². The number of benzene rings is 2. The van der Waals surface area contributed by atoms with Gasteiger partial charge in [-0.25, -0.2) is 4.79 Å². The van der Waals surface area contributed by atoms with E-state index in [1.807, 2.05) is 23.1 Å². The van der Waals surface area contributed by atoms with Crippen LogP contribution in [0.15, 0.2) is 42.5 Å². The molecule has 12 heteroatoms. The fourth-order valence-electron chi connectivity index (χ4n) is 5.03. The minimum Gasteiger partial charge on any atom is -0.453 e. The largest absolute Gasteiger partial charge is 0.453 e. The molecule has 0 bridgehead atoms. The molecule has 2 aromatic carbocycles. The first-order valence-corrected chi connectivity index (χ1v) is 13.1. The Morgan fingerprint density at radius 3 is 2.67 bits per heavy atom. The lowest BCUT2D eigenvalue weighted by atomic mass is 9.96. The summed E-state index contributed by atoms with van der Waals surface area (Å²) in [5, 5.41) is 5.60. The van der Waals surface area contributed by atoms with Crippen molar-refractivity contribution in [1.82, 2.24) is 15.1 Å². The lowest BCUT2D eigenvalue weighted by Gasteiger charge is -2.32. The zero-order valence-corrected chi connectivity index (χ0v) is 22.3. The van der Waals surface area contributed by atoms with E-state index in [0.717, 1.165) is 29.3 Å². The molecule has 4 rings (SSSR count). The fraction of sp³-hybridized carbons (Fsp3) is 0.464. The smallest absolute Gasteiger partial charge is 0.416 e. The molecule has 9 nitrogen and oxygen atoms in total. The van der Waals surface area contributed by atoms with E-state index >= 15 is 0 Å². The van der Waals surface area contributed by atoms with Gasteiger partial charge in [0.05, 0.1) is 31.7 Å². The molecular formula is C28H33F3N4O5. The summed E-state index contributed by atoms with van der Waals surface area (Å²) in [4.78, 5) is 40.7. The minimum atomic E-state index is -4.57.